The summed E-state index contributed by atoms with van der Waals surface area (Å²) in [5.74, 6) is 0. The average molecular weight is 369 g/mol. The summed E-state index contributed by atoms with van der Waals surface area (Å²) in [6.07, 6.45) is -7.75. The fourth-order valence-electron chi connectivity index (χ4n) is 1.02. The summed E-state index contributed by atoms with van der Waals surface area (Å²) in [6.45, 7) is 0. The number of hydrogen-bond acceptors (Lipinski definition) is 1. The lowest BCUT2D eigenvalue weighted by Gasteiger charge is -2.13. The third kappa shape index (κ3) is 2.91. The van der Waals surface area contributed by atoms with Gasteiger partial charge in [0.2, 0.25) is 0 Å². The highest BCUT2D eigenvalue weighted by Gasteiger charge is 2.36. The molecule has 0 atom stereocenters. The van der Waals surface area contributed by atoms with E-state index in [0.29, 0.717) is 0 Å². The average Bonchev–Trinajstić information content (AvgIpc) is 2.15. The van der Waals surface area contributed by atoms with Gasteiger partial charge in [-0.2, -0.15) is 13.2 Å². The van der Waals surface area contributed by atoms with Crippen LogP contribution in [0.15, 0.2) is 10.5 Å². The molecule has 0 aliphatic carbocycles. The molecule has 0 fully saturated rings. The van der Waals surface area contributed by atoms with Crippen LogP contribution in [0.2, 0.25) is 0 Å². The predicted molar refractivity (Wildman–Crippen MR) is 54.5 cm³/mol. The first-order valence-electron chi connectivity index (χ1n) is 3.88. The SMILES string of the molecule is FC(F)c1nc(CBr)cc(C(F)(F)F)c1Br. The van der Waals surface area contributed by atoms with E-state index in [1.54, 1.807) is 0 Å². The fourth-order valence-corrected chi connectivity index (χ4v) is 1.91. The van der Waals surface area contributed by atoms with E-state index in [4.69, 9.17) is 0 Å². The molecule has 1 aromatic heterocycles. The van der Waals surface area contributed by atoms with Crippen LogP contribution in [0.1, 0.15) is 23.4 Å². The van der Waals surface area contributed by atoms with Crippen LogP contribution in [0.25, 0.3) is 0 Å². The third-order valence-corrected chi connectivity index (χ3v) is 3.09. The first-order valence-corrected chi connectivity index (χ1v) is 5.79. The van der Waals surface area contributed by atoms with Crippen LogP contribution in [0.4, 0.5) is 22.0 Å². The maximum absolute atomic E-state index is 12.5. The zero-order valence-corrected chi connectivity index (χ0v) is 10.6. The molecule has 0 aliphatic heterocycles. The van der Waals surface area contributed by atoms with Gasteiger partial charge < -0.3 is 0 Å². The minimum atomic E-state index is -4.69. The monoisotopic (exact) mass is 367 g/mol. The van der Waals surface area contributed by atoms with Gasteiger partial charge >= 0.3 is 6.18 Å². The Morgan fingerprint density at radius 1 is 1.31 bits per heavy atom. The maximum atomic E-state index is 12.5. The van der Waals surface area contributed by atoms with Gasteiger partial charge in [-0.3, -0.25) is 0 Å². The summed E-state index contributed by atoms with van der Waals surface area (Å²) in [5, 5.41) is -0.0247. The Morgan fingerprint density at radius 3 is 2.25 bits per heavy atom. The van der Waals surface area contributed by atoms with Crippen molar-refractivity contribution < 1.29 is 22.0 Å². The molecule has 0 radical (unpaired) electrons. The van der Waals surface area contributed by atoms with Crippen molar-refractivity contribution >= 4 is 31.9 Å². The molecular formula is C8H4Br2F5N. The largest absolute Gasteiger partial charge is 0.417 e. The summed E-state index contributed by atoms with van der Waals surface area (Å²) in [7, 11) is 0. The molecule has 0 bridgehead atoms. The fraction of sp³-hybridized carbons (Fsp3) is 0.375. The molecule has 1 nitrogen and oxygen atoms in total. The van der Waals surface area contributed by atoms with Gasteiger partial charge in [0.1, 0.15) is 5.69 Å². The van der Waals surface area contributed by atoms with Crippen molar-refractivity contribution in [3.8, 4) is 0 Å². The highest BCUT2D eigenvalue weighted by atomic mass is 79.9. The summed E-state index contributed by atoms with van der Waals surface area (Å²) in [6, 6.07) is 0.727. The quantitative estimate of drug-likeness (QED) is 0.545. The Morgan fingerprint density at radius 2 is 1.88 bits per heavy atom. The molecule has 1 aromatic rings. The maximum Gasteiger partial charge on any atom is 0.417 e. The first-order chi connectivity index (χ1) is 7.27. The topological polar surface area (TPSA) is 12.9 Å². The normalized spacial score (nSPS) is 12.2. The van der Waals surface area contributed by atoms with Crippen LogP contribution in [0, 0.1) is 0 Å². The minimum Gasteiger partial charge on any atom is -0.250 e. The van der Waals surface area contributed by atoms with Gasteiger partial charge in [0.15, 0.2) is 0 Å². The molecule has 0 aliphatic rings. The zero-order chi connectivity index (χ0) is 12.5. The summed E-state index contributed by atoms with van der Waals surface area (Å²) in [4.78, 5) is 3.42. The van der Waals surface area contributed by atoms with Gasteiger partial charge in [-0.25, -0.2) is 13.8 Å². The zero-order valence-electron chi connectivity index (χ0n) is 7.45. The van der Waals surface area contributed by atoms with Crippen LogP contribution in [-0.2, 0) is 11.5 Å². The first kappa shape index (κ1) is 13.8. The Labute approximate surface area is 104 Å². The van der Waals surface area contributed by atoms with E-state index in [0.717, 1.165) is 6.07 Å². The molecule has 16 heavy (non-hydrogen) atoms. The van der Waals surface area contributed by atoms with E-state index in [1.165, 1.54) is 0 Å². The molecule has 1 heterocycles. The standard InChI is InChI=1S/C8H4Br2F5N/c9-2-3-1-4(8(13,14)15)5(10)6(16-3)7(11)12/h1,7H,2H2. The molecule has 1 rings (SSSR count). The molecule has 0 saturated heterocycles. The highest BCUT2D eigenvalue weighted by Crippen LogP contribution is 2.39. The highest BCUT2D eigenvalue weighted by molar-refractivity contribution is 9.10. The Hall–Kier alpha value is -0.240. The number of halogens is 7. The molecule has 0 unspecified atom stereocenters. The van der Waals surface area contributed by atoms with Crippen LogP contribution >= 0.6 is 31.9 Å². The molecule has 8 heteroatoms. The second-order valence-corrected chi connectivity index (χ2v) is 4.15. The van der Waals surface area contributed by atoms with Crippen molar-refractivity contribution in [1.82, 2.24) is 4.98 Å². The number of alkyl halides is 6. The number of pyridine rings is 1. The Bertz CT molecular complexity index is 391. The molecule has 0 N–H and O–H groups in total. The van der Waals surface area contributed by atoms with Gasteiger partial charge in [0.25, 0.3) is 6.43 Å². The van der Waals surface area contributed by atoms with Crippen molar-refractivity contribution in [3.05, 3.63) is 27.5 Å². The van der Waals surface area contributed by atoms with Crippen LogP contribution in [0.5, 0.6) is 0 Å². The van der Waals surface area contributed by atoms with E-state index in [-0.39, 0.29) is 11.0 Å². The predicted octanol–water partition coefficient (Wildman–Crippen LogP) is 4.70. The number of rotatable bonds is 2. The van der Waals surface area contributed by atoms with E-state index in [1.807, 2.05) is 0 Å². The molecule has 0 aromatic carbocycles. The summed E-state index contributed by atoms with van der Waals surface area (Å²) in [5.41, 5.74) is -2.14. The van der Waals surface area contributed by atoms with Gasteiger partial charge in [0, 0.05) is 5.33 Å². The second-order valence-electron chi connectivity index (χ2n) is 2.79. The third-order valence-electron chi connectivity index (χ3n) is 1.69. The smallest absolute Gasteiger partial charge is 0.250 e. The van der Waals surface area contributed by atoms with E-state index in [2.05, 4.69) is 36.8 Å². The van der Waals surface area contributed by atoms with Crippen LogP contribution in [0.3, 0.4) is 0 Å². The number of nitrogens with zero attached hydrogens (tertiary/aromatic N) is 1. The second kappa shape index (κ2) is 4.95. The van der Waals surface area contributed by atoms with Gasteiger partial charge in [-0.1, -0.05) is 15.9 Å². The molecular weight excluding hydrogens is 365 g/mol. The van der Waals surface area contributed by atoms with Crippen molar-refractivity contribution in [2.24, 2.45) is 0 Å². The summed E-state index contributed by atoms with van der Waals surface area (Å²) >= 11 is 5.38. The molecule has 0 amide bonds. The molecule has 0 saturated carbocycles. The number of aromatic nitrogens is 1. The van der Waals surface area contributed by atoms with Gasteiger partial charge in [-0.05, 0) is 22.0 Å². The Balaban J connectivity index is 3.44. The van der Waals surface area contributed by atoms with Crippen molar-refractivity contribution in [2.45, 2.75) is 17.9 Å². The van der Waals surface area contributed by atoms with Crippen LogP contribution in [-0.4, -0.2) is 4.98 Å². The lowest BCUT2D eigenvalue weighted by atomic mass is 10.2. The summed E-state index contributed by atoms with van der Waals surface area (Å²) < 4.78 is 61.6. The lowest BCUT2D eigenvalue weighted by molar-refractivity contribution is -0.138. The van der Waals surface area contributed by atoms with E-state index in [9.17, 15) is 22.0 Å². The minimum absolute atomic E-state index is 0.0247. The lowest BCUT2D eigenvalue weighted by Crippen LogP contribution is -2.10. The van der Waals surface area contributed by atoms with Gasteiger partial charge in [-0.15, -0.1) is 0 Å². The van der Waals surface area contributed by atoms with E-state index < -0.39 is 28.3 Å². The molecule has 90 valence electrons. The van der Waals surface area contributed by atoms with Crippen molar-refractivity contribution in [2.75, 3.05) is 0 Å². The molecule has 0 spiro atoms. The number of hydrogen-bond donors (Lipinski definition) is 0. The Kier molecular flexibility index (Phi) is 4.28. The van der Waals surface area contributed by atoms with Gasteiger partial charge in [0.05, 0.1) is 15.7 Å². The van der Waals surface area contributed by atoms with Crippen molar-refractivity contribution in [3.63, 3.8) is 0 Å². The van der Waals surface area contributed by atoms with E-state index >= 15 is 0 Å². The van der Waals surface area contributed by atoms with Crippen LogP contribution < -0.4 is 0 Å². The van der Waals surface area contributed by atoms with Crippen molar-refractivity contribution in [1.29, 1.82) is 0 Å².